The number of piperidine rings is 1. The van der Waals surface area contributed by atoms with Gasteiger partial charge >= 0.3 is 0 Å². The van der Waals surface area contributed by atoms with Crippen LogP contribution in [-0.2, 0) is 4.79 Å². The summed E-state index contributed by atoms with van der Waals surface area (Å²) in [7, 11) is 0. The lowest BCUT2D eigenvalue weighted by atomic mass is 10.1. The predicted molar refractivity (Wildman–Crippen MR) is 111 cm³/mol. The van der Waals surface area contributed by atoms with Crippen molar-refractivity contribution in [1.82, 2.24) is 14.9 Å². The van der Waals surface area contributed by atoms with E-state index in [9.17, 15) is 4.79 Å². The second-order valence-electron chi connectivity index (χ2n) is 6.73. The molecule has 2 heterocycles. The van der Waals surface area contributed by atoms with Crippen molar-refractivity contribution in [3.63, 3.8) is 0 Å². The van der Waals surface area contributed by atoms with Crippen molar-refractivity contribution < 1.29 is 4.79 Å². The normalized spacial score (nSPS) is 15.2. The second kappa shape index (κ2) is 8.55. The molecule has 5 heteroatoms. The third kappa shape index (κ3) is 4.49. The molecule has 138 valence electrons. The van der Waals surface area contributed by atoms with E-state index in [-0.39, 0.29) is 0 Å². The fraction of sp³-hybridized carbons (Fsp3) is 0.273. The van der Waals surface area contributed by atoms with E-state index in [1.807, 2.05) is 24.3 Å². The second-order valence-corrected chi connectivity index (χ2v) is 7.81. The first-order valence-electron chi connectivity index (χ1n) is 9.37. The third-order valence-corrected chi connectivity index (χ3v) is 5.71. The number of carbonyl (C=O) groups is 1. The number of aromatic nitrogens is 2. The summed E-state index contributed by atoms with van der Waals surface area (Å²) < 4.78 is 0. The Hall–Kier alpha value is -2.37. The number of imidazole rings is 1. The molecule has 3 aromatic rings. The average molecular weight is 378 g/mol. The van der Waals surface area contributed by atoms with E-state index in [4.69, 9.17) is 4.98 Å². The number of Topliss-reactive ketones (excluding diaryl/α,β-unsaturated/α-hetero) is 1. The molecule has 1 saturated heterocycles. The SMILES string of the molecule is O=C1CCN(CCSc2nc(-c3ccccc3)c(-c3ccccc3)[nH]2)CC1. The molecule has 1 aromatic heterocycles. The number of nitrogens with zero attached hydrogens (tertiary/aromatic N) is 2. The number of aromatic amines is 1. The first-order chi connectivity index (χ1) is 13.3. The van der Waals surface area contributed by atoms with E-state index in [0.717, 1.165) is 53.1 Å². The number of carbonyl (C=O) groups excluding carboxylic acids is 1. The van der Waals surface area contributed by atoms with Gasteiger partial charge in [-0.1, -0.05) is 72.4 Å². The number of likely N-dealkylation sites (tertiary alicyclic amines) is 1. The number of thioether (sulfide) groups is 1. The van der Waals surface area contributed by atoms with Crippen molar-refractivity contribution in [2.24, 2.45) is 0 Å². The lowest BCUT2D eigenvalue weighted by Crippen LogP contribution is -2.35. The minimum absolute atomic E-state index is 0.393. The van der Waals surface area contributed by atoms with E-state index < -0.39 is 0 Å². The molecule has 4 rings (SSSR count). The van der Waals surface area contributed by atoms with Gasteiger partial charge in [0.05, 0.1) is 11.4 Å². The molecule has 1 aliphatic rings. The topological polar surface area (TPSA) is 49.0 Å². The highest BCUT2D eigenvalue weighted by molar-refractivity contribution is 7.99. The molecule has 0 atom stereocenters. The number of ketones is 1. The molecule has 0 bridgehead atoms. The number of hydrogen-bond acceptors (Lipinski definition) is 4. The Labute approximate surface area is 164 Å². The van der Waals surface area contributed by atoms with Gasteiger partial charge in [0.15, 0.2) is 5.16 Å². The molecule has 0 saturated carbocycles. The summed E-state index contributed by atoms with van der Waals surface area (Å²) in [5, 5.41) is 0.945. The van der Waals surface area contributed by atoms with Gasteiger partial charge < -0.3 is 9.88 Å². The third-order valence-electron chi connectivity index (χ3n) is 4.85. The minimum Gasteiger partial charge on any atom is -0.332 e. The Morgan fingerprint density at radius 1 is 0.926 bits per heavy atom. The molecule has 2 aromatic carbocycles. The molecule has 0 aliphatic carbocycles. The monoisotopic (exact) mass is 377 g/mol. The number of rotatable bonds is 6. The summed E-state index contributed by atoms with van der Waals surface area (Å²) in [6, 6.07) is 20.7. The lowest BCUT2D eigenvalue weighted by molar-refractivity contribution is -0.121. The summed E-state index contributed by atoms with van der Waals surface area (Å²) >= 11 is 1.75. The molecule has 4 nitrogen and oxygen atoms in total. The van der Waals surface area contributed by atoms with Crippen molar-refractivity contribution in [1.29, 1.82) is 0 Å². The first kappa shape index (κ1) is 18.0. The highest BCUT2D eigenvalue weighted by atomic mass is 32.2. The molecule has 0 unspecified atom stereocenters. The maximum absolute atomic E-state index is 11.4. The van der Waals surface area contributed by atoms with E-state index in [0.29, 0.717) is 18.6 Å². The predicted octanol–water partition coefficient (Wildman–Crippen LogP) is 4.50. The smallest absolute Gasteiger partial charge is 0.166 e. The molecule has 27 heavy (non-hydrogen) atoms. The van der Waals surface area contributed by atoms with Gasteiger partial charge in [0.25, 0.3) is 0 Å². The standard InChI is InChI=1S/C22H23N3OS/c26-19-11-13-25(14-12-19)15-16-27-22-23-20(17-7-3-1-4-8-17)21(24-22)18-9-5-2-6-10-18/h1-10H,11-16H2,(H,23,24). The quantitative estimate of drug-likeness (QED) is 0.643. The first-order valence-corrected chi connectivity index (χ1v) is 10.4. The number of benzene rings is 2. The van der Waals surface area contributed by atoms with Gasteiger partial charge in [-0.05, 0) is 0 Å². The Morgan fingerprint density at radius 2 is 1.56 bits per heavy atom. The van der Waals surface area contributed by atoms with Crippen LogP contribution in [0.3, 0.4) is 0 Å². The van der Waals surface area contributed by atoms with Crippen molar-refractivity contribution in [2.45, 2.75) is 18.0 Å². The number of hydrogen-bond donors (Lipinski definition) is 1. The van der Waals surface area contributed by atoms with Crippen LogP contribution in [-0.4, -0.2) is 46.0 Å². The van der Waals surface area contributed by atoms with Gasteiger partial charge in [-0.3, -0.25) is 4.79 Å². The molecular weight excluding hydrogens is 354 g/mol. The molecular formula is C22H23N3OS. The highest BCUT2D eigenvalue weighted by Gasteiger charge is 2.17. The summed E-state index contributed by atoms with van der Waals surface area (Å²) in [4.78, 5) is 22.1. The van der Waals surface area contributed by atoms with Gasteiger partial charge in [-0.25, -0.2) is 4.98 Å². The Balaban J connectivity index is 1.50. The van der Waals surface area contributed by atoms with E-state index in [2.05, 4.69) is 46.3 Å². The zero-order chi connectivity index (χ0) is 18.5. The molecule has 1 N–H and O–H groups in total. The van der Waals surface area contributed by atoms with E-state index >= 15 is 0 Å². The average Bonchev–Trinajstić information content (AvgIpc) is 3.15. The van der Waals surface area contributed by atoms with Crippen molar-refractivity contribution >= 4 is 17.5 Å². The van der Waals surface area contributed by atoms with Crippen LogP contribution in [0.4, 0.5) is 0 Å². The fourth-order valence-corrected chi connectivity index (χ4v) is 4.21. The lowest BCUT2D eigenvalue weighted by Gasteiger charge is -2.25. The van der Waals surface area contributed by atoms with E-state index in [1.54, 1.807) is 11.8 Å². The fourth-order valence-electron chi connectivity index (χ4n) is 3.34. The summed E-state index contributed by atoms with van der Waals surface area (Å²) in [6.45, 7) is 2.77. The van der Waals surface area contributed by atoms with Crippen LogP contribution in [0.25, 0.3) is 22.5 Å². The maximum atomic E-state index is 11.4. The maximum Gasteiger partial charge on any atom is 0.166 e. The number of nitrogens with one attached hydrogen (secondary N) is 1. The van der Waals surface area contributed by atoms with E-state index in [1.165, 1.54) is 0 Å². The zero-order valence-electron chi connectivity index (χ0n) is 15.2. The summed E-state index contributed by atoms with van der Waals surface area (Å²) in [5.41, 5.74) is 4.32. The molecule has 1 fully saturated rings. The zero-order valence-corrected chi connectivity index (χ0v) is 16.0. The van der Waals surface area contributed by atoms with Crippen LogP contribution in [0.5, 0.6) is 0 Å². The number of H-pyrrole nitrogens is 1. The molecule has 0 spiro atoms. The van der Waals surface area contributed by atoms with Crippen LogP contribution >= 0.6 is 11.8 Å². The molecule has 1 aliphatic heterocycles. The summed E-state index contributed by atoms with van der Waals surface area (Å²) in [6.07, 6.45) is 1.39. The van der Waals surface area contributed by atoms with Gasteiger partial charge in [-0.15, -0.1) is 0 Å². The van der Waals surface area contributed by atoms with Crippen LogP contribution in [0, 0.1) is 0 Å². The van der Waals surface area contributed by atoms with Gasteiger partial charge in [-0.2, -0.15) is 0 Å². The Morgan fingerprint density at radius 3 is 2.22 bits per heavy atom. The Kier molecular flexibility index (Phi) is 5.70. The molecule has 0 amide bonds. The molecule has 0 radical (unpaired) electrons. The largest absolute Gasteiger partial charge is 0.332 e. The highest BCUT2D eigenvalue weighted by Crippen LogP contribution is 2.32. The van der Waals surface area contributed by atoms with Crippen molar-refractivity contribution in [2.75, 3.05) is 25.4 Å². The van der Waals surface area contributed by atoms with Crippen molar-refractivity contribution in [3.8, 4) is 22.5 Å². The van der Waals surface area contributed by atoms with Crippen LogP contribution in [0.1, 0.15) is 12.8 Å². The van der Waals surface area contributed by atoms with Crippen LogP contribution in [0.2, 0.25) is 0 Å². The minimum atomic E-state index is 0.393. The van der Waals surface area contributed by atoms with Crippen LogP contribution in [0.15, 0.2) is 65.8 Å². The van der Waals surface area contributed by atoms with Gasteiger partial charge in [0.2, 0.25) is 0 Å². The van der Waals surface area contributed by atoms with Crippen molar-refractivity contribution in [3.05, 3.63) is 60.7 Å². The Bertz CT molecular complexity index is 825. The van der Waals surface area contributed by atoms with Gasteiger partial charge in [0.1, 0.15) is 5.78 Å². The van der Waals surface area contributed by atoms with Crippen LogP contribution < -0.4 is 0 Å². The summed E-state index contributed by atoms with van der Waals surface area (Å²) in [5.74, 6) is 1.36. The van der Waals surface area contributed by atoms with Gasteiger partial charge in [0, 0.05) is 49.4 Å².